The number of methoxy groups -OCH3 is 2. The third-order valence-corrected chi connectivity index (χ3v) is 3.06. The maximum Gasteiger partial charge on any atom is 0.336 e. The van der Waals surface area contributed by atoms with Crippen LogP contribution in [0.3, 0.4) is 0 Å². The number of hydrogen-bond donors (Lipinski definition) is 2. The summed E-state index contributed by atoms with van der Waals surface area (Å²) in [4.78, 5) is 15.9. The summed E-state index contributed by atoms with van der Waals surface area (Å²) in [5.41, 5.74) is 1.04. The normalized spacial score (nSPS) is 11.8. The van der Waals surface area contributed by atoms with E-state index in [4.69, 9.17) is 9.47 Å². The lowest BCUT2D eigenvalue weighted by molar-refractivity contribution is -0.116. The van der Waals surface area contributed by atoms with E-state index in [9.17, 15) is 4.79 Å². The van der Waals surface area contributed by atoms with Crippen LogP contribution >= 0.6 is 0 Å². The number of aromatic amines is 1. The van der Waals surface area contributed by atoms with Crippen LogP contribution in [0.4, 0.5) is 5.95 Å². The molecule has 1 atom stereocenters. The molecule has 0 aliphatic heterocycles. The molecule has 1 aromatic heterocycles. The summed E-state index contributed by atoms with van der Waals surface area (Å²) in [5, 5.41) is 8.99. The number of amides is 1. The molecular formula is C14H18N4O3. The minimum atomic E-state index is -0.149. The van der Waals surface area contributed by atoms with Gasteiger partial charge in [0.25, 0.3) is 0 Å². The third-order valence-electron chi connectivity index (χ3n) is 3.06. The van der Waals surface area contributed by atoms with Crippen molar-refractivity contribution in [2.75, 3.05) is 19.5 Å². The van der Waals surface area contributed by atoms with Gasteiger partial charge in [0.1, 0.15) is 5.75 Å². The van der Waals surface area contributed by atoms with Gasteiger partial charge >= 0.3 is 6.01 Å². The number of nitrogens with one attached hydrogen (secondary N) is 2. The minimum absolute atomic E-state index is 0.0601. The van der Waals surface area contributed by atoms with Gasteiger partial charge < -0.3 is 9.47 Å². The molecule has 0 spiro atoms. The number of hydrogen-bond acceptors (Lipinski definition) is 5. The number of ether oxygens (including phenoxy) is 2. The Labute approximate surface area is 122 Å². The average Bonchev–Trinajstić information content (AvgIpc) is 2.94. The first-order valence-electron chi connectivity index (χ1n) is 6.52. The van der Waals surface area contributed by atoms with Crippen LogP contribution in [0.15, 0.2) is 24.3 Å². The van der Waals surface area contributed by atoms with Gasteiger partial charge in [0.2, 0.25) is 11.9 Å². The van der Waals surface area contributed by atoms with E-state index in [0.717, 1.165) is 11.3 Å². The topological polar surface area (TPSA) is 89.1 Å². The molecule has 0 bridgehead atoms. The number of aromatic nitrogens is 3. The molecule has 7 nitrogen and oxygen atoms in total. The molecule has 0 fully saturated rings. The number of carbonyl (C=O) groups is 1. The average molecular weight is 290 g/mol. The zero-order chi connectivity index (χ0) is 15.2. The Hall–Kier alpha value is -2.57. The first-order chi connectivity index (χ1) is 10.1. The summed E-state index contributed by atoms with van der Waals surface area (Å²) in [5.74, 6) is 0.962. The minimum Gasteiger partial charge on any atom is -0.497 e. The lowest BCUT2D eigenvalue weighted by Crippen LogP contribution is -2.15. The highest BCUT2D eigenvalue weighted by Crippen LogP contribution is 2.23. The van der Waals surface area contributed by atoms with E-state index in [0.29, 0.717) is 6.42 Å². The van der Waals surface area contributed by atoms with Crippen molar-refractivity contribution in [1.29, 1.82) is 0 Å². The Morgan fingerprint density at radius 1 is 1.38 bits per heavy atom. The lowest BCUT2D eigenvalue weighted by atomic mass is 9.97. The Balaban J connectivity index is 1.94. The van der Waals surface area contributed by atoms with Gasteiger partial charge in [-0.3, -0.25) is 10.1 Å². The summed E-state index contributed by atoms with van der Waals surface area (Å²) < 4.78 is 10.0. The molecular weight excluding hydrogens is 272 g/mol. The summed E-state index contributed by atoms with van der Waals surface area (Å²) in [6, 6.07) is 7.86. The van der Waals surface area contributed by atoms with Gasteiger partial charge in [0.05, 0.1) is 14.2 Å². The van der Waals surface area contributed by atoms with Gasteiger partial charge in [-0.05, 0) is 23.6 Å². The van der Waals surface area contributed by atoms with Crippen LogP contribution < -0.4 is 14.8 Å². The smallest absolute Gasteiger partial charge is 0.336 e. The van der Waals surface area contributed by atoms with Crippen molar-refractivity contribution < 1.29 is 14.3 Å². The number of carbonyl (C=O) groups excluding carboxylic acids is 1. The van der Waals surface area contributed by atoms with Gasteiger partial charge in [-0.2, -0.15) is 4.98 Å². The predicted molar refractivity (Wildman–Crippen MR) is 77.6 cm³/mol. The molecule has 0 saturated heterocycles. The highest BCUT2D eigenvalue weighted by atomic mass is 16.5. The van der Waals surface area contributed by atoms with Crippen molar-refractivity contribution >= 4 is 11.9 Å². The van der Waals surface area contributed by atoms with Crippen molar-refractivity contribution in [3.63, 3.8) is 0 Å². The molecule has 0 radical (unpaired) electrons. The number of nitrogens with zero attached hydrogens (tertiary/aromatic N) is 2. The van der Waals surface area contributed by atoms with E-state index >= 15 is 0 Å². The summed E-state index contributed by atoms with van der Waals surface area (Å²) in [6.45, 7) is 1.98. The molecule has 112 valence electrons. The van der Waals surface area contributed by atoms with Gasteiger partial charge in [-0.25, -0.2) is 5.10 Å². The molecule has 1 aromatic carbocycles. The van der Waals surface area contributed by atoms with E-state index < -0.39 is 0 Å². The molecule has 1 amide bonds. The zero-order valence-electron chi connectivity index (χ0n) is 12.2. The van der Waals surface area contributed by atoms with E-state index in [1.807, 2.05) is 31.2 Å². The maximum atomic E-state index is 12.0. The van der Waals surface area contributed by atoms with Gasteiger partial charge in [-0.1, -0.05) is 19.1 Å². The standard InChI is InChI=1S/C14H18N4O3/c1-9(10-5-4-6-11(8-10)20-2)7-12(19)15-13-16-14(21-3)18-17-13/h4-6,8-9H,7H2,1-3H3,(H2,15,16,17,18,19). The highest BCUT2D eigenvalue weighted by Gasteiger charge is 2.13. The van der Waals surface area contributed by atoms with Gasteiger partial charge in [0, 0.05) is 6.42 Å². The Kier molecular flexibility index (Phi) is 4.76. The number of anilines is 1. The fourth-order valence-corrected chi connectivity index (χ4v) is 1.92. The molecule has 2 N–H and O–H groups in total. The van der Waals surface area contributed by atoms with Crippen LogP contribution in [0.25, 0.3) is 0 Å². The second kappa shape index (κ2) is 6.74. The molecule has 2 aromatic rings. The molecule has 0 aliphatic rings. The number of H-pyrrole nitrogens is 1. The molecule has 0 saturated carbocycles. The van der Waals surface area contributed by atoms with Crippen LogP contribution in [0.5, 0.6) is 11.8 Å². The predicted octanol–water partition coefficient (Wildman–Crippen LogP) is 1.95. The maximum absolute atomic E-state index is 12.0. The van der Waals surface area contributed by atoms with Crippen LogP contribution in [0.2, 0.25) is 0 Å². The SMILES string of the molecule is COc1cccc(C(C)CC(=O)Nc2nc(OC)n[nH]2)c1. The quantitative estimate of drug-likeness (QED) is 0.848. The van der Waals surface area contributed by atoms with Crippen molar-refractivity contribution in [1.82, 2.24) is 15.2 Å². The van der Waals surface area contributed by atoms with E-state index in [1.54, 1.807) is 7.11 Å². The van der Waals surface area contributed by atoms with Gasteiger partial charge in [0.15, 0.2) is 0 Å². The monoisotopic (exact) mass is 290 g/mol. The third kappa shape index (κ3) is 3.95. The fraction of sp³-hybridized carbons (Fsp3) is 0.357. The van der Waals surface area contributed by atoms with Crippen LogP contribution in [-0.4, -0.2) is 35.3 Å². The Bertz CT molecular complexity index is 612. The van der Waals surface area contributed by atoms with E-state index in [-0.39, 0.29) is 23.8 Å². The number of rotatable bonds is 6. The van der Waals surface area contributed by atoms with Crippen LogP contribution in [0, 0.1) is 0 Å². The summed E-state index contributed by atoms with van der Waals surface area (Å²) >= 11 is 0. The van der Waals surface area contributed by atoms with E-state index in [1.165, 1.54) is 7.11 Å². The van der Waals surface area contributed by atoms with Crippen LogP contribution in [-0.2, 0) is 4.79 Å². The Morgan fingerprint density at radius 2 is 2.19 bits per heavy atom. The van der Waals surface area contributed by atoms with Crippen molar-refractivity contribution in [3.05, 3.63) is 29.8 Å². The van der Waals surface area contributed by atoms with Gasteiger partial charge in [-0.15, -0.1) is 5.10 Å². The molecule has 21 heavy (non-hydrogen) atoms. The Morgan fingerprint density at radius 3 is 2.86 bits per heavy atom. The second-order valence-corrected chi connectivity index (χ2v) is 4.60. The summed E-state index contributed by atoms with van der Waals surface area (Å²) in [6.07, 6.45) is 0.330. The molecule has 1 unspecified atom stereocenters. The first kappa shape index (κ1) is 14.8. The largest absolute Gasteiger partial charge is 0.497 e. The fourth-order valence-electron chi connectivity index (χ4n) is 1.92. The van der Waals surface area contributed by atoms with Crippen molar-refractivity contribution in [2.24, 2.45) is 0 Å². The molecule has 1 heterocycles. The van der Waals surface area contributed by atoms with Crippen molar-refractivity contribution in [3.8, 4) is 11.8 Å². The number of benzene rings is 1. The second-order valence-electron chi connectivity index (χ2n) is 4.60. The van der Waals surface area contributed by atoms with Crippen molar-refractivity contribution in [2.45, 2.75) is 19.3 Å². The lowest BCUT2D eigenvalue weighted by Gasteiger charge is -2.12. The van der Waals surface area contributed by atoms with Crippen LogP contribution in [0.1, 0.15) is 24.8 Å². The molecule has 0 aliphatic carbocycles. The van der Waals surface area contributed by atoms with E-state index in [2.05, 4.69) is 20.5 Å². The zero-order valence-corrected chi connectivity index (χ0v) is 12.2. The highest BCUT2D eigenvalue weighted by molar-refractivity contribution is 5.89. The summed E-state index contributed by atoms with van der Waals surface area (Å²) in [7, 11) is 3.08. The molecule has 2 rings (SSSR count). The first-order valence-corrected chi connectivity index (χ1v) is 6.52. The molecule has 7 heteroatoms.